The quantitative estimate of drug-likeness (QED) is 0.464. The highest BCUT2D eigenvalue weighted by Crippen LogP contribution is 2.54. The zero-order chi connectivity index (χ0) is 21.3. The van der Waals surface area contributed by atoms with Crippen LogP contribution in [-0.4, -0.2) is 22.7 Å². The SMILES string of the molecule is CCCCCc1cc2c(c(O)c1C(=O)NC(C)C)C1C=C(C)CCC1C(C)(C)O2. The Labute approximate surface area is 175 Å². The van der Waals surface area contributed by atoms with Crippen LogP contribution in [0.2, 0.25) is 0 Å². The van der Waals surface area contributed by atoms with Gasteiger partial charge in [0.15, 0.2) is 0 Å². The summed E-state index contributed by atoms with van der Waals surface area (Å²) in [5, 5.41) is 14.4. The first-order valence-corrected chi connectivity index (χ1v) is 11.2. The van der Waals surface area contributed by atoms with Crippen LogP contribution in [0.25, 0.3) is 0 Å². The van der Waals surface area contributed by atoms with Gasteiger partial charge in [0.05, 0.1) is 5.56 Å². The van der Waals surface area contributed by atoms with Crippen molar-refractivity contribution in [1.29, 1.82) is 0 Å². The van der Waals surface area contributed by atoms with E-state index in [0.717, 1.165) is 55.4 Å². The minimum Gasteiger partial charge on any atom is -0.507 e. The molecule has 2 unspecified atom stereocenters. The number of allylic oxidation sites excluding steroid dienone is 2. The molecule has 0 radical (unpaired) electrons. The molecule has 2 N–H and O–H groups in total. The molecule has 1 aliphatic heterocycles. The van der Waals surface area contributed by atoms with Gasteiger partial charge in [0.1, 0.15) is 17.1 Å². The zero-order valence-electron chi connectivity index (χ0n) is 18.9. The summed E-state index contributed by atoms with van der Waals surface area (Å²) >= 11 is 0. The van der Waals surface area contributed by atoms with Gasteiger partial charge in [-0.15, -0.1) is 0 Å². The van der Waals surface area contributed by atoms with E-state index < -0.39 is 0 Å². The number of hydrogen-bond donors (Lipinski definition) is 2. The van der Waals surface area contributed by atoms with E-state index in [2.05, 4.69) is 39.1 Å². The van der Waals surface area contributed by atoms with Crippen LogP contribution < -0.4 is 10.1 Å². The smallest absolute Gasteiger partial charge is 0.255 e. The Hall–Kier alpha value is -1.97. The molecule has 0 spiro atoms. The summed E-state index contributed by atoms with van der Waals surface area (Å²) in [5.41, 5.74) is 3.16. The lowest BCUT2D eigenvalue weighted by Gasteiger charge is -2.46. The average molecular weight is 400 g/mol. The Balaban J connectivity index is 2.15. The highest BCUT2D eigenvalue weighted by molar-refractivity contribution is 5.99. The Bertz CT molecular complexity index is 807. The Morgan fingerprint density at radius 1 is 1.34 bits per heavy atom. The number of benzene rings is 1. The molecule has 0 saturated carbocycles. The minimum absolute atomic E-state index is 0.0150. The second-order valence-corrected chi connectivity index (χ2v) is 9.65. The topological polar surface area (TPSA) is 58.6 Å². The maximum absolute atomic E-state index is 13.0. The minimum atomic E-state index is -0.302. The van der Waals surface area contributed by atoms with Gasteiger partial charge in [-0.25, -0.2) is 0 Å². The molecule has 0 fully saturated rings. The van der Waals surface area contributed by atoms with Crippen molar-refractivity contribution in [3.8, 4) is 11.5 Å². The normalized spacial score (nSPS) is 22.4. The molecule has 0 bridgehead atoms. The van der Waals surface area contributed by atoms with Crippen LogP contribution in [0.5, 0.6) is 11.5 Å². The van der Waals surface area contributed by atoms with Crippen molar-refractivity contribution in [1.82, 2.24) is 5.32 Å². The van der Waals surface area contributed by atoms with Gasteiger partial charge in [0.2, 0.25) is 0 Å². The third-order valence-electron chi connectivity index (χ3n) is 6.43. The van der Waals surface area contributed by atoms with Crippen molar-refractivity contribution < 1.29 is 14.6 Å². The number of fused-ring (bicyclic) bond motifs is 3. The van der Waals surface area contributed by atoms with Gasteiger partial charge in [-0.2, -0.15) is 0 Å². The van der Waals surface area contributed by atoms with Crippen LogP contribution in [0.15, 0.2) is 17.7 Å². The first-order chi connectivity index (χ1) is 13.7. The number of phenols is 1. The van der Waals surface area contributed by atoms with Gasteiger partial charge >= 0.3 is 0 Å². The number of aromatic hydroxyl groups is 1. The van der Waals surface area contributed by atoms with Crippen LogP contribution in [0, 0.1) is 5.92 Å². The summed E-state index contributed by atoms with van der Waals surface area (Å²) in [6, 6.07) is 2.04. The summed E-state index contributed by atoms with van der Waals surface area (Å²) < 4.78 is 6.45. The van der Waals surface area contributed by atoms with E-state index in [4.69, 9.17) is 4.74 Å². The van der Waals surface area contributed by atoms with Crippen molar-refractivity contribution in [3.05, 3.63) is 34.4 Å². The highest BCUT2D eigenvalue weighted by Gasteiger charge is 2.46. The predicted octanol–water partition coefficient (Wildman–Crippen LogP) is 5.87. The molecule has 160 valence electrons. The highest BCUT2D eigenvalue weighted by atomic mass is 16.5. The molecule has 0 saturated heterocycles. The number of amides is 1. The second kappa shape index (κ2) is 8.41. The first kappa shape index (κ1) is 21.7. The van der Waals surface area contributed by atoms with Crippen LogP contribution in [0.1, 0.15) is 101 Å². The number of phenolic OH excluding ortho intramolecular Hbond substituents is 1. The van der Waals surface area contributed by atoms with Crippen LogP contribution in [0.3, 0.4) is 0 Å². The standard InChI is InChI=1S/C25H37NO3/c1-7-8-9-10-17-14-20-22(23(27)21(17)24(28)26-15(2)3)18-13-16(4)11-12-19(18)25(5,6)29-20/h13-15,18-19,27H,7-12H2,1-6H3,(H,26,28). The number of nitrogens with one attached hydrogen (secondary N) is 1. The lowest BCUT2D eigenvalue weighted by atomic mass is 9.67. The summed E-state index contributed by atoms with van der Waals surface area (Å²) in [5.74, 6) is 1.04. The molecule has 1 heterocycles. The fourth-order valence-electron chi connectivity index (χ4n) is 4.96. The number of carbonyl (C=O) groups is 1. The zero-order valence-corrected chi connectivity index (χ0v) is 18.9. The van der Waals surface area contributed by atoms with E-state index in [9.17, 15) is 9.90 Å². The Morgan fingerprint density at radius 3 is 2.72 bits per heavy atom. The first-order valence-electron chi connectivity index (χ1n) is 11.2. The number of carbonyl (C=O) groups excluding carboxylic acids is 1. The fraction of sp³-hybridized carbons (Fsp3) is 0.640. The molecule has 0 aromatic heterocycles. The number of aryl methyl sites for hydroxylation is 1. The number of hydrogen-bond acceptors (Lipinski definition) is 3. The van der Waals surface area contributed by atoms with Gasteiger partial charge in [0, 0.05) is 23.4 Å². The summed E-state index contributed by atoms with van der Waals surface area (Å²) in [6.07, 6.45) is 8.33. The van der Waals surface area contributed by atoms with Gasteiger partial charge in [-0.1, -0.05) is 31.4 Å². The van der Waals surface area contributed by atoms with Crippen molar-refractivity contribution in [2.45, 2.75) is 97.6 Å². The number of unbranched alkanes of at least 4 members (excludes halogenated alkanes) is 2. The lowest BCUT2D eigenvalue weighted by molar-refractivity contribution is 0.0107. The molecule has 4 nitrogen and oxygen atoms in total. The molecule has 2 atom stereocenters. The lowest BCUT2D eigenvalue weighted by Crippen LogP contribution is -2.45. The summed E-state index contributed by atoms with van der Waals surface area (Å²) in [4.78, 5) is 13.0. The summed E-state index contributed by atoms with van der Waals surface area (Å²) in [7, 11) is 0. The maximum Gasteiger partial charge on any atom is 0.255 e. The van der Waals surface area contributed by atoms with E-state index >= 15 is 0 Å². The van der Waals surface area contributed by atoms with E-state index in [0.29, 0.717) is 5.56 Å². The molecule has 1 amide bonds. The van der Waals surface area contributed by atoms with Gasteiger partial charge in [-0.05, 0) is 71.9 Å². The second-order valence-electron chi connectivity index (χ2n) is 9.65. The van der Waals surface area contributed by atoms with Crippen LogP contribution >= 0.6 is 0 Å². The van der Waals surface area contributed by atoms with Gasteiger partial charge in [-0.3, -0.25) is 4.79 Å². The van der Waals surface area contributed by atoms with Gasteiger partial charge < -0.3 is 15.2 Å². The van der Waals surface area contributed by atoms with Crippen molar-refractivity contribution >= 4 is 5.91 Å². The van der Waals surface area contributed by atoms with E-state index in [1.54, 1.807) is 0 Å². The average Bonchev–Trinajstić information content (AvgIpc) is 2.60. The molecular formula is C25H37NO3. The van der Waals surface area contributed by atoms with Crippen molar-refractivity contribution in [2.75, 3.05) is 0 Å². The fourth-order valence-corrected chi connectivity index (χ4v) is 4.96. The molecule has 1 aromatic carbocycles. The maximum atomic E-state index is 13.0. The molecule has 29 heavy (non-hydrogen) atoms. The van der Waals surface area contributed by atoms with Crippen molar-refractivity contribution in [3.63, 3.8) is 0 Å². The monoisotopic (exact) mass is 399 g/mol. The van der Waals surface area contributed by atoms with E-state index in [1.807, 2.05) is 19.9 Å². The van der Waals surface area contributed by atoms with Crippen LogP contribution in [-0.2, 0) is 6.42 Å². The molecular weight excluding hydrogens is 362 g/mol. The summed E-state index contributed by atoms with van der Waals surface area (Å²) in [6.45, 7) is 12.5. The third kappa shape index (κ3) is 4.31. The molecule has 1 aromatic rings. The number of rotatable bonds is 6. The molecule has 2 aliphatic rings. The van der Waals surface area contributed by atoms with Gasteiger partial charge in [0.25, 0.3) is 5.91 Å². The van der Waals surface area contributed by atoms with E-state index in [1.165, 1.54) is 5.57 Å². The van der Waals surface area contributed by atoms with E-state index in [-0.39, 0.29) is 35.1 Å². The molecule has 4 heteroatoms. The van der Waals surface area contributed by atoms with Crippen LogP contribution in [0.4, 0.5) is 0 Å². The Kier molecular flexibility index (Phi) is 6.30. The third-order valence-corrected chi connectivity index (χ3v) is 6.43. The number of ether oxygens (including phenoxy) is 1. The molecule has 3 rings (SSSR count). The predicted molar refractivity (Wildman–Crippen MR) is 118 cm³/mol. The van der Waals surface area contributed by atoms with Crippen molar-refractivity contribution in [2.24, 2.45) is 5.92 Å². The Morgan fingerprint density at radius 2 is 2.07 bits per heavy atom. The largest absolute Gasteiger partial charge is 0.507 e. The molecule has 1 aliphatic carbocycles.